The second kappa shape index (κ2) is 2.60. The van der Waals surface area contributed by atoms with Crippen LogP contribution in [0.1, 0.15) is 0 Å². The van der Waals surface area contributed by atoms with Gasteiger partial charge in [0.25, 0.3) is 0 Å². The lowest BCUT2D eigenvalue weighted by Crippen LogP contribution is -2.38. The summed E-state index contributed by atoms with van der Waals surface area (Å²) in [5.74, 6) is 0. The Balaban J connectivity index is 3.15. The first kappa shape index (κ1) is 7.35. The molecule has 0 rings (SSSR count). The van der Waals surface area contributed by atoms with Crippen LogP contribution in [0.5, 0.6) is 0 Å². The molecule has 0 heterocycles. The standard InChI is InChI=1S/CH5ClO4Si/c2-1-6-7(3,4)5/h3-5H,1H2. The van der Waals surface area contributed by atoms with E-state index in [2.05, 4.69) is 4.43 Å². The zero-order valence-corrected chi connectivity index (χ0v) is 5.09. The molecule has 0 aromatic heterocycles. The molecule has 0 unspecified atom stereocenters. The lowest BCUT2D eigenvalue weighted by molar-refractivity contribution is 0.0809. The van der Waals surface area contributed by atoms with Crippen LogP contribution in [0.15, 0.2) is 0 Å². The van der Waals surface area contributed by atoms with Crippen molar-refractivity contribution in [2.75, 3.05) is 6.07 Å². The van der Waals surface area contributed by atoms with E-state index in [0.29, 0.717) is 0 Å². The van der Waals surface area contributed by atoms with Crippen molar-refractivity contribution >= 4 is 20.6 Å². The molecule has 0 fully saturated rings. The Morgan fingerprint density at radius 1 is 1.43 bits per heavy atom. The van der Waals surface area contributed by atoms with E-state index in [-0.39, 0.29) is 0 Å². The molecule has 3 N–H and O–H groups in total. The molecule has 0 spiro atoms. The molecular weight excluding hydrogens is 140 g/mol. The van der Waals surface area contributed by atoms with E-state index < -0.39 is 15.1 Å². The molecule has 0 amide bonds. The van der Waals surface area contributed by atoms with Crippen LogP contribution in [-0.2, 0) is 4.43 Å². The summed E-state index contributed by atoms with van der Waals surface area (Å²) in [5, 5.41) is 0. The predicted octanol–water partition coefficient (Wildman–Crippen LogP) is -1.39. The minimum atomic E-state index is -4.29. The third-order valence-corrected chi connectivity index (χ3v) is 1.07. The zero-order valence-electron chi connectivity index (χ0n) is 3.33. The summed E-state index contributed by atoms with van der Waals surface area (Å²) in [7, 11) is -4.29. The van der Waals surface area contributed by atoms with Gasteiger partial charge in [0.15, 0.2) is 0 Å². The number of alkyl halides is 1. The Morgan fingerprint density at radius 2 is 1.86 bits per heavy atom. The number of hydrogen-bond donors (Lipinski definition) is 3. The quantitative estimate of drug-likeness (QED) is 0.330. The summed E-state index contributed by atoms with van der Waals surface area (Å²) in [6.07, 6.45) is 0. The Bertz CT molecular complexity index is 50.1. The van der Waals surface area contributed by atoms with Crippen LogP contribution in [-0.4, -0.2) is 29.5 Å². The highest BCUT2D eigenvalue weighted by molar-refractivity contribution is 6.49. The summed E-state index contributed by atoms with van der Waals surface area (Å²) in [6, 6.07) is -0.407. The molecule has 0 saturated heterocycles. The fourth-order valence-electron chi connectivity index (χ4n) is 0.0732. The average molecular weight is 145 g/mol. The smallest absolute Gasteiger partial charge is 0.368 e. The third-order valence-electron chi connectivity index (χ3n) is 0.248. The van der Waals surface area contributed by atoms with Crippen LogP contribution in [0, 0.1) is 0 Å². The van der Waals surface area contributed by atoms with Gasteiger partial charge in [0.05, 0.1) is 0 Å². The van der Waals surface area contributed by atoms with Crippen LogP contribution in [0.3, 0.4) is 0 Å². The molecule has 7 heavy (non-hydrogen) atoms. The third kappa shape index (κ3) is 6.35. The predicted molar refractivity (Wildman–Crippen MR) is 24.2 cm³/mol. The van der Waals surface area contributed by atoms with Crippen molar-refractivity contribution in [1.29, 1.82) is 0 Å². The minimum absolute atomic E-state index is 0.407. The number of hydrogen-bond acceptors (Lipinski definition) is 4. The van der Waals surface area contributed by atoms with E-state index in [1.165, 1.54) is 0 Å². The first-order chi connectivity index (χ1) is 3.06. The van der Waals surface area contributed by atoms with Gasteiger partial charge in [-0.25, -0.2) is 0 Å². The molecule has 0 radical (unpaired) electrons. The first-order valence-corrected chi connectivity index (χ1v) is 3.72. The van der Waals surface area contributed by atoms with E-state index in [1.54, 1.807) is 0 Å². The summed E-state index contributed by atoms with van der Waals surface area (Å²) in [4.78, 5) is 23.9. The Morgan fingerprint density at radius 3 is 1.86 bits per heavy atom. The highest BCUT2D eigenvalue weighted by Gasteiger charge is 2.29. The summed E-state index contributed by atoms with van der Waals surface area (Å²) in [5.41, 5.74) is 0. The van der Waals surface area contributed by atoms with Crippen molar-refractivity contribution in [3.63, 3.8) is 0 Å². The monoisotopic (exact) mass is 144 g/mol. The van der Waals surface area contributed by atoms with Gasteiger partial charge in [-0.05, 0) is 0 Å². The second-order valence-corrected chi connectivity index (χ2v) is 2.48. The van der Waals surface area contributed by atoms with Crippen LogP contribution >= 0.6 is 11.6 Å². The Hall–Kier alpha value is 0.347. The maximum atomic E-state index is 7.96. The van der Waals surface area contributed by atoms with Crippen LogP contribution in [0.25, 0.3) is 0 Å². The SMILES string of the molecule is O[Si](O)(O)OCCl. The highest BCUT2D eigenvalue weighted by Crippen LogP contribution is 1.88. The molecule has 0 aromatic rings. The molecule has 6 heteroatoms. The van der Waals surface area contributed by atoms with Gasteiger partial charge in [-0.15, -0.1) is 0 Å². The van der Waals surface area contributed by atoms with Gasteiger partial charge in [0.1, 0.15) is 6.07 Å². The second-order valence-electron chi connectivity index (χ2n) is 0.827. The molecule has 0 atom stereocenters. The molecule has 0 aliphatic carbocycles. The molecule has 4 nitrogen and oxygen atoms in total. The van der Waals surface area contributed by atoms with Crippen LogP contribution in [0.4, 0.5) is 0 Å². The molecule has 0 aromatic carbocycles. The topological polar surface area (TPSA) is 69.9 Å². The van der Waals surface area contributed by atoms with Crippen molar-refractivity contribution in [2.24, 2.45) is 0 Å². The maximum absolute atomic E-state index is 7.96. The molecule has 44 valence electrons. The lowest BCUT2D eigenvalue weighted by Gasteiger charge is -2.04. The van der Waals surface area contributed by atoms with E-state index in [9.17, 15) is 0 Å². The van der Waals surface area contributed by atoms with E-state index in [4.69, 9.17) is 26.0 Å². The fraction of sp³-hybridized carbons (Fsp3) is 1.00. The fourth-order valence-corrected chi connectivity index (χ4v) is 0.659. The summed E-state index contributed by atoms with van der Waals surface area (Å²) >= 11 is 4.82. The average Bonchev–Trinajstić information content (AvgIpc) is 1.30. The van der Waals surface area contributed by atoms with Crippen molar-refractivity contribution in [1.82, 2.24) is 0 Å². The first-order valence-electron chi connectivity index (χ1n) is 1.43. The van der Waals surface area contributed by atoms with Crippen molar-refractivity contribution in [3.05, 3.63) is 0 Å². The largest absolute Gasteiger partial charge is 0.672 e. The van der Waals surface area contributed by atoms with Crippen molar-refractivity contribution < 1.29 is 18.8 Å². The maximum Gasteiger partial charge on any atom is 0.672 e. The van der Waals surface area contributed by atoms with E-state index in [0.717, 1.165) is 0 Å². The van der Waals surface area contributed by atoms with Gasteiger partial charge in [-0.1, -0.05) is 11.6 Å². The van der Waals surface area contributed by atoms with E-state index in [1.807, 2.05) is 0 Å². The molecular formula is CH5ClO4Si. The normalized spacial score (nSPS) is 12.0. The van der Waals surface area contributed by atoms with Crippen molar-refractivity contribution in [2.45, 2.75) is 0 Å². The van der Waals surface area contributed by atoms with Gasteiger partial charge >= 0.3 is 9.05 Å². The molecule has 0 aliphatic heterocycles. The summed E-state index contributed by atoms with van der Waals surface area (Å²) < 4.78 is 3.80. The lowest BCUT2D eigenvalue weighted by atomic mass is 11.7. The van der Waals surface area contributed by atoms with Gasteiger partial charge in [-0.2, -0.15) is 0 Å². The minimum Gasteiger partial charge on any atom is -0.368 e. The number of halogens is 1. The summed E-state index contributed by atoms with van der Waals surface area (Å²) in [6.45, 7) is 0. The van der Waals surface area contributed by atoms with Gasteiger partial charge in [0.2, 0.25) is 0 Å². The van der Waals surface area contributed by atoms with Crippen LogP contribution < -0.4 is 0 Å². The van der Waals surface area contributed by atoms with Crippen LogP contribution in [0.2, 0.25) is 0 Å². The molecule has 0 saturated carbocycles. The van der Waals surface area contributed by atoms with Gasteiger partial charge in [0, 0.05) is 0 Å². The Kier molecular flexibility index (Phi) is 2.73. The van der Waals surface area contributed by atoms with Crippen molar-refractivity contribution in [3.8, 4) is 0 Å². The molecule has 0 bridgehead atoms. The zero-order chi connectivity index (χ0) is 5.91. The number of rotatable bonds is 2. The Labute approximate surface area is 46.4 Å². The highest BCUT2D eigenvalue weighted by atomic mass is 35.5. The molecule has 0 aliphatic rings. The van der Waals surface area contributed by atoms with Gasteiger partial charge in [-0.3, -0.25) is 0 Å². The van der Waals surface area contributed by atoms with Gasteiger partial charge < -0.3 is 18.8 Å². The van der Waals surface area contributed by atoms with E-state index >= 15 is 0 Å².